The Labute approximate surface area is 149 Å². The van der Waals surface area contributed by atoms with Crippen molar-refractivity contribution in [3.05, 3.63) is 36.1 Å². The maximum Gasteiger partial charge on any atom is 0.326 e. The lowest BCUT2D eigenvalue weighted by Gasteiger charge is -2.27. The Morgan fingerprint density at radius 1 is 1.19 bits per heavy atom. The molecule has 1 aromatic carbocycles. The van der Waals surface area contributed by atoms with Crippen molar-refractivity contribution in [3.8, 4) is 0 Å². The van der Waals surface area contributed by atoms with Crippen molar-refractivity contribution in [1.29, 1.82) is 0 Å². The zero-order valence-corrected chi connectivity index (χ0v) is 14.1. The summed E-state index contributed by atoms with van der Waals surface area (Å²) in [7, 11) is 0. The number of carbonyl (C=O) groups excluding carboxylic acids is 2. The first kappa shape index (κ1) is 17.9. The summed E-state index contributed by atoms with van der Waals surface area (Å²) in [5, 5.41) is 12.5. The number of carbonyl (C=O) groups is 3. The number of hydrogen-bond acceptors (Lipinski definition) is 5. The predicted molar refractivity (Wildman–Crippen MR) is 91.7 cm³/mol. The van der Waals surface area contributed by atoms with Crippen LogP contribution < -0.4 is 5.32 Å². The molecule has 26 heavy (non-hydrogen) atoms. The van der Waals surface area contributed by atoms with Crippen LogP contribution in [0.2, 0.25) is 0 Å². The van der Waals surface area contributed by atoms with Crippen molar-refractivity contribution in [3.63, 3.8) is 0 Å². The molecule has 0 spiro atoms. The molecular weight excluding hydrogens is 340 g/mol. The first-order chi connectivity index (χ1) is 12.5. The van der Waals surface area contributed by atoms with Crippen LogP contribution in [0.1, 0.15) is 23.4 Å². The summed E-state index contributed by atoms with van der Waals surface area (Å²) < 4.78 is 10.6. The van der Waals surface area contributed by atoms with Crippen molar-refractivity contribution in [1.82, 2.24) is 10.2 Å². The minimum absolute atomic E-state index is 0.0114. The number of hydrogen-bond donors (Lipinski definition) is 2. The largest absolute Gasteiger partial charge is 0.480 e. The molecule has 0 unspecified atom stereocenters. The van der Waals surface area contributed by atoms with E-state index in [4.69, 9.17) is 9.15 Å². The lowest BCUT2D eigenvalue weighted by molar-refractivity contribution is -0.140. The average Bonchev–Trinajstić information content (AvgIpc) is 3.09. The number of nitrogens with one attached hydrogen (secondary N) is 1. The topological polar surface area (TPSA) is 109 Å². The fourth-order valence-electron chi connectivity index (χ4n) is 2.82. The van der Waals surface area contributed by atoms with E-state index >= 15 is 0 Å². The van der Waals surface area contributed by atoms with Crippen molar-refractivity contribution in [2.24, 2.45) is 0 Å². The number of fused-ring (bicyclic) bond motifs is 1. The van der Waals surface area contributed by atoms with Crippen molar-refractivity contribution in [2.75, 3.05) is 26.3 Å². The van der Waals surface area contributed by atoms with Gasteiger partial charge in [0.25, 0.3) is 5.91 Å². The maximum absolute atomic E-state index is 12.3. The number of ether oxygens (including phenoxy) is 1. The second-order valence-corrected chi connectivity index (χ2v) is 6.04. The van der Waals surface area contributed by atoms with Gasteiger partial charge in [0.2, 0.25) is 5.91 Å². The number of amides is 2. The van der Waals surface area contributed by atoms with Crippen LogP contribution in [0.5, 0.6) is 0 Å². The Bertz CT molecular complexity index is 776. The molecule has 1 saturated heterocycles. The molecule has 1 aliphatic rings. The van der Waals surface area contributed by atoms with Gasteiger partial charge >= 0.3 is 5.97 Å². The highest BCUT2D eigenvalue weighted by Gasteiger charge is 2.25. The number of furan rings is 1. The summed E-state index contributed by atoms with van der Waals surface area (Å²) in [6.07, 6.45) is 0.0505. The molecule has 0 bridgehead atoms. The van der Waals surface area contributed by atoms with E-state index in [1.165, 1.54) is 0 Å². The van der Waals surface area contributed by atoms with Crippen LogP contribution in [0.4, 0.5) is 0 Å². The monoisotopic (exact) mass is 360 g/mol. The van der Waals surface area contributed by atoms with Crippen LogP contribution in [0, 0.1) is 0 Å². The van der Waals surface area contributed by atoms with E-state index in [1.807, 2.05) is 6.07 Å². The third-order valence-electron chi connectivity index (χ3n) is 4.26. The molecule has 2 amide bonds. The Hall–Kier alpha value is -2.87. The van der Waals surface area contributed by atoms with E-state index in [-0.39, 0.29) is 24.5 Å². The number of aliphatic carboxylic acids is 1. The Morgan fingerprint density at radius 3 is 2.62 bits per heavy atom. The number of nitrogens with zero attached hydrogens (tertiary/aromatic N) is 1. The number of para-hydroxylation sites is 1. The molecule has 0 aliphatic carbocycles. The van der Waals surface area contributed by atoms with Crippen LogP contribution in [0.3, 0.4) is 0 Å². The van der Waals surface area contributed by atoms with Gasteiger partial charge in [0.1, 0.15) is 11.6 Å². The summed E-state index contributed by atoms with van der Waals surface area (Å²) in [5.41, 5.74) is 0.548. The van der Waals surface area contributed by atoms with Gasteiger partial charge in [-0.05, 0) is 18.6 Å². The molecule has 1 fully saturated rings. The minimum atomic E-state index is -1.19. The highest BCUT2D eigenvalue weighted by Crippen LogP contribution is 2.19. The summed E-state index contributed by atoms with van der Waals surface area (Å²) in [4.78, 5) is 37.5. The van der Waals surface area contributed by atoms with Gasteiger partial charge in [0.15, 0.2) is 5.76 Å². The maximum atomic E-state index is 12.3. The summed E-state index contributed by atoms with van der Waals surface area (Å²) >= 11 is 0. The van der Waals surface area contributed by atoms with Crippen molar-refractivity contribution in [2.45, 2.75) is 18.9 Å². The highest BCUT2D eigenvalue weighted by molar-refractivity contribution is 5.98. The summed E-state index contributed by atoms with van der Waals surface area (Å²) in [6.45, 7) is 1.97. The number of morpholine rings is 1. The van der Waals surface area contributed by atoms with Gasteiger partial charge in [-0.3, -0.25) is 9.59 Å². The zero-order chi connectivity index (χ0) is 18.5. The lowest BCUT2D eigenvalue weighted by atomic mass is 10.1. The van der Waals surface area contributed by atoms with Gasteiger partial charge in [-0.2, -0.15) is 0 Å². The van der Waals surface area contributed by atoms with Crippen molar-refractivity contribution < 1.29 is 28.6 Å². The molecule has 3 rings (SSSR count). The molecule has 0 radical (unpaired) electrons. The molecule has 2 aromatic rings. The van der Waals surface area contributed by atoms with E-state index in [0.29, 0.717) is 31.9 Å². The van der Waals surface area contributed by atoms with Gasteiger partial charge in [0, 0.05) is 24.9 Å². The van der Waals surface area contributed by atoms with E-state index in [9.17, 15) is 19.5 Å². The molecule has 8 nitrogen and oxygen atoms in total. The van der Waals surface area contributed by atoms with Crippen LogP contribution in [-0.4, -0.2) is 60.1 Å². The standard InChI is InChI=1S/C18H20N2O6/c21-16(20-7-9-25-10-8-20)6-5-13(18(23)24)19-17(22)15-11-12-3-1-2-4-14(12)26-15/h1-4,11,13H,5-10H2,(H,19,22)(H,23,24)/t13-/m1/s1. The van der Waals surface area contributed by atoms with Gasteiger partial charge in [0.05, 0.1) is 13.2 Å². The van der Waals surface area contributed by atoms with Crippen LogP contribution in [0.25, 0.3) is 11.0 Å². The predicted octanol–water partition coefficient (Wildman–Crippen LogP) is 1.25. The van der Waals surface area contributed by atoms with E-state index < -0.39 is 17.9 Å². The van der Waals surface area contributed by atoms with Crippen molar-refractivity contribution >= 4 is 28.8 Å². The summed E-state index contributed by atoms with van der Waals surface area (Å²) in [5.74, 6) is -1.91. The third kappa shape index (κ3) is 4.20. The molecule has 8 heteroatoms. The lowest BCUT2D eigenvalue weighted by Crippen LogP contribution is -2.44. The number of carboxylic acid groups (broad SMARTS) is 1. The second kappa shape index (κ2) is 8.01. The Morgan fingerprint density at radius 2 is 1.92 bits per heavy atom. The fraction of sp³-hybridized carbons (Fsp3) is 0.389. The third-order valence-corrected chi connectivity index (χ3v) is 4.26. The SMILES string of the molecule is O=C(N[C@H](CCC(=O)N1CCOCC1)C(=O)O)c1cc2ccccc2o1. The van der Waals surface area contributed by atoms with Gasteiger partial charge in [-0.15, -0.1) is 0 Å². The average molecular weight is 360 g/mol. The highest BCUT2D eigenvalue weighted by atomic mass is 16.5. The summed E-state index contributed by atoms with van der Waals surface area (Å²) in [6, 6.07) is 7.51. The van der Waals surface area contributed by atoms with Gasteiger partial charge < -0.3 is 24.5 Å². The quantitative estimate of drug-likeness (QED) is 0.803. The van der Waals surface area contributed by atoms with Crippen LogP contribution >= 0.6 is 0 Å². The van der Waals surface area contributed by atoms with E-state index in [2.05, 4.69) is 5.32 Å². The molecule has 0 saturated carbocycles. The van der Waals surface area contributed by atoms with Gasteiger partial charge in [-0.25, -0.2) is 4.79 Å². The Balaban J connectivity index is 1.59. The molecule has 1 aromatic heterocycles. The zero-order valence-electron chi connectivity index (χ0n) is 14.1. The number of benzene rings is 1. The molecule has 1 atom stereocenters. The first-order valence-electron chi connectivity index (χ1n) is 8.42. The molecular formula is C18H20N2O6. The normalized spacial score (nSPS) is 15.6. The fourth-order valence-corrected chi connectivity index (χ4v) is 2.82. The number of carboxylic acids is 1. The van der Waals surface area contributed by atoms with Gasteiger partial charge in [-0.1, -0.05) is 18.2 Å². The van der Waals surface area contributed by atoms with E-state index in [0.717, 1.165) is 5.39 Å². The first-order valence-corrected chi connectivity index (χ1v) is 8.42. The Kier molecular flexibility index (Phi) is 5.52. The smallest absolute Gasteiger partial charge is 0.326 e. The molecule has 1 aliphatic heterocycles. The van der Waals surface area contributed by atoms with Crippen LogP contribution in [0.15, 0.2) is 34.7 Å². The van der Waals surface area contributed by atoms with E-state index in [1.54, 1.807) is 29.2 Å². The number of rotatable bonds is 6. The van der Waals surface area contributed by atoms with Crippen LogP contribution in [-0.2, 0) is 14.3 Å². The molecule has 2 heterocycles. The minimum Gasteiger partial charge on any atom is -0.480 e. The second-order valence-electron chi connectivity index (χ2n) is 6.04. The molecule has 2 N–H and O–H groups in total. The molecule has 138 valence electrons.